The Morgan fingerprint density at radius 3 is 2.58 bits per heavy atom. The highest BCUT2D eigenvalue weighted by Gasteiger charge is 2.20. The van der Waals surface area contributed by atoms with E-state index in [1.807, 2.05) is 6.07 Å². The first kappa shape index (κ1) is 20.9. The molecule has 3 aromatic carbocycles. The summed E-state index contributed by atoms with van der Waals surface area (Å²) in [5.74, 6) is 0.243. The van der Waals surface area contributed by atoms with Gasteiger partial charge in [0.05, 0.1) is 12.2 Å². The van der Waals surface area contributed by atoms with Gasteiger partial charge in [0.25, 0.3) is 6.43 Å². The third kappa shape index (κ3) is 3.76. The molecule has 0 bridgehead atoms. The van der Waals surface area contributed by atoms with Crippen molar-refractivity contribution in [3.63, 3.8) is 0 Å². The number of aryl methyl sites for hydroxylation is 1. The first-order chi connectivity index (χ1) is 15.9. The molecule has 33 heavy (non-hydrogen) atoms. The molecule has 0 amide bonds. The Labute approximate surface area is 186 Å². The lowest BCUT2D eigenvalue weighted by molar-refractivity contribution is 0.151. The number of benzene rings is 3. The number of halogens is 3. The zero-order valence-corrected chi connectivity index (χ0v) is 17.3. The predicted molar refractivity (Wildman–Crippen MR) is 116 cm³/mol. The number of fused-ring (bicyclic) bond motifs is 1. The first-order valence-corrected chi connectivity index (χ1v) is 10.0. The van der Waals surface area contributed by atoms with Crippen molar-refractivity contribution in [1.29, 1.82) is 0 Å². The van der Waals surface area contributed by atoms with Gasteiger partial charge in [-0.2, -0.15) is 0 Å². The molecule has 6 nitrogen and oxygen atoms in total. The number of aliphatic hydroxyl groups excluding tert-OH is 1. The van der Waals surface area contributed by atoms with Crippen LogP contribution < -0.4 is 0 Å². The fourth-order valence-corrected chi connectivity index (χ4v) is 3.80. The van der Waals surface area contributed by atoms with E-state index < -0.39 is 12.2 Å². The van der Waals surface area contributed by atoms with E-state index in [2.05, 4.69) is 15.2 Å². The Morgan fingerprint density at radius 2 is 1.85 bits per heavy atom. The Balaban J connectivity index is 1.64. The maximum Gasteiger partial charge on any atom is 0.267 e. The van der Waals surface area contributed by atoms with E-state index in [-0.39, 0.29) is 29.2 Å². The normalized spacial score (nSPS) is 11.6. The highest BCUT2D eigenvalue weighted by molar-refractivity contribution is 5.84. The number of aliphatic hydroxyl groups is 1. The molecule has 0 saturated heterocycles. The van der Waals surface area contributed by atoms with Crippen LogP contribution in [0.1, 0.15) is 17.6 Å². The number of oxazole rings is 1. The maximum absolute atomic E-state index is 14.1. The molecule has 5 rings (SSSR count). The highest BCUT2D eigenvalue weighted by atomic mass is 19.3. The molecule has 2 heterocycles. The van der Waals surface area contributed by atoms with Gasteiger partial charge in [-0.25, -0.2) is 18.2 Å². The van der Waals surface area contributed by atoms with E-state index in [4.69, 9.17) is 4.42 Å². The van der Waals surface area contributed by atoms with Crippen LogP contribution in [0.3, 0.4) is 0 Å². The Hall–Kier alpha value is -3.98. The highest BCUT2D eigenvalue weighted by Crippen LogP contribution is 2.36. The van der Waals surface area contributed by atoms with Crippen LogP contribution in [0, 0.1) is 5.82 Å². The number of alkyl halides is 2. The topological polar surface area (TPSA) is 77.0 Å². The van der Waals surface area contributed by atoms with Gasteiger partial charge < -0.3 is 14.1 Å². The van der Waals surface area contributed by atoms with Gasteiger partial charge in [0, 0.05) is 18.2 Å². The van der Waals surface area contributed by atoms with E-state index in [1.54, 1.807) is 35.9 Å². The quantitative estimate of drug-likeness (QED) is 0.381. The molecule has 0 aliphatic heterocycles. The lowest BCUT2D eigenvalue weighted by Crippen LogP contribution is -1.95. The molecule has 2 aromatic heterocycles. The molecule has 9 heteroatoms. The lowest BCUT2D eigenvalue weighted by atomic mass is 9.97. The second kappa shape index (κ2) is 8.18. The summed E-state index contributed by atoms with van der Waals surface area (Å²) in [5.41, 5.74) is 2.77. The molecule has 0 aliphatic rings. The monoisotopic (exact) mass is 450 g/mol. The lowest BCUT2D eigenvalue weighted by Gasteiger charge is -2.10. The van der Waals surface area contributed by atoms with Gasteiger partial charge in [-0.3, -0.25) is 0 Å². The molecule has 1 N–H and O–H groups in total. The second-order valence-electron chi connectivity index (χ2n) is 7.55. The van der Waals surface area contributed by atoms with Crippen molar-refractivity contribution in [2.75, 3.05) is 0 Å². The smallest absolute Gasteiger partial charge is 0.267 e. The molecule has 0 radical (unpaired) electrons. The molecule has 0 spiro atoms. The van der Waals surface area contributed by atoms with Crippen LogP contribution in [0.2, 0.25) is 0 Å². The summed E-state index contributed by atoms with van der Waals surface area (Å²) < 4.78 is 48.5. The average molecular weight is 450 g/mol. The number of hydrogen-bond donors (Lipinski definition) is 1. The molecule has 166 valence electrons. The molecule has 0 saturated carbocycles. The average Bonchev–Trinajstić information content (AvgIpc) is 3.44. The van der Waals surface area contributed by atoms with Crippen LogP contribution in [-0.2, 0) is 13.7 Å². The van der Waals surface area contributed by atoms with Gasteiger partial charge in [-0.1, -0.05) is 18.2 Å². The largest absolute Gasteiger partial charge is 0.436 e. The standard InChI is InChI=1S/C24H17F3N4O2/c1-31-12-28-30-23(31)18-10-16(25)5-6-17(18)14-3-2-4-15(9-14)24-29-20-8-13(11-32)7-19(22(26)27)21(20)33-24/h2-10,12,22,32H,11H2,1H3. The van der Waals surface area contributed by atoms with Crippen molar-refractivity contribution in [1.82, 2.24) is 19.7 Å². The number of rotatable bonds is 5. The molecular weight excluding hydrogens is 433 g/mol. The summed E-state index contributed by atoms with van der Waals surface area (Å²) in [7, 11) is 1.76. The predicted octanol–water partition coefficient (Wildman–Crippen LogP) is 5.53. The van der Waals surface area contributed by atoms with Gasteiger partial charge in [0.1, 0.15) is 17.7 Å². The van der Waals surface area contributed by atoms with E-state index in [1.165, 1.54) is 30.6 Å². The number of hydrogen-bond acceptors (Lipinski definition) is 5. The fraction of sp³-hybridized carbons (Fsp3) is 0.125. The molecule has 0 aliphatic carbocycles. The first-order valence-electron chi connectivity index (χ1n) is 10.0. The van der Waals surface area contributed by atoms with E-state index in [9.17, 15) is 18.3 Å². The van der Waals surface area contributed by atoms with Gasteiger partial charge in [0.2, 0.25) is 5.89 Å². The zero-order valence-electron chi connectivity index (χ0n) is 17.3. The van der Waals surface area contributed by atoms with Crippen molar-refractivity contribution in [2.45, 2.75) is 13.0 Å². The summed E-state index contributed by atoms with van der Waals surface area (Å²) in [6.07, 6.45) is -1.25. The van der Waals surface area contributed by atoms with E-state index in [0.717, 1.165) is 5.56 Å². The van der Waals surface area contributed by atoms with Crippen LogP contribution >= 0.6 is 0 Å². The van der Waals surface area contributed by atoms with Crippen molar-refractivity contribution in [3.8, 4) is 34.0 Å². The van der Waals surface area contributed by atoms with Crippen LogP contribution in [0.15, 0.2) is 65.3 Å². The Morgan fingerprint density at radius 1 is 1.03 bits per heavy atom. The summed E-state index contributed by atoms with van der Waals surface area (Å²) >= 11 is 0. The van der Waals surface area contributed by atoms with Crippen molar-refractivity contribution < 1.29 is 22.7 Å². The Kier molecular flexibility index (Phi) is 5.18. The zero-order chi connectivity index (χ0) is 23.1. The minimum Gasteiger partial charge on any atom is -0.436 e. The van der Waals surface area contributed by atoms with Gasteiger partial charge >= 0.3 is 0 Å². The van der Waals surface area contributed by atoms with Crippen LogP contribution in [0.4, 0.5) is 13.2 Å². The van der Waals surface area contributed by atoms with Gasteiger partial charge in [0.15, 0.2) is 11.4 Å². The van der Waals surface area contributed by atoms with Crippen molar-refractivity contribution in [2.24, 2.45) is 7.05 Å². The summed E-state index contributed by atoms with van der Waals surface area (Å²) in [6, 6.07) is 14.3. The third-order valence-corrected chi connectivity index (χ3v) is 5.35. The minimum absolute atomic E-state index is 0.0239. The molecule has 0 atom stereocenters. The van der Waals surface area contributed by atoms with E-state index >= 15 is 0 Å². The molecule has 0 unspecified atom stereocenters. The van der Waals surface area contributed by atoms with Gasteiger partial charge in [-0.05, 0) is 53.1 Å². The minimum atomic E-state index is -2.78. The molecule has 5 aromatic rings. The maximum atomic E-state index is 14.1. The summed E-state index contributed by atoms with van der Waals surface area (Å²) in [4.78, 5) is 4.37. The summed E-state index contributed by atoms with van der Waals surface area (Å²) in [6.45, 7) is -0.386. The second-order valence-corrected chi connectivity index (χ2v) is 7.55. The molecular formula is C24H17F3N4O2. The van der Waals surface area contributed by atoms with Crippen LogP contribution in [0.25, 0.3) is 45.1 Å². The number of nitrogens with zero attached hydrogens (tertiary/aromatic N) is 4. The van der Waals surface area contributed by atoms with Gasteiger partial charge in [-0.15, -0.1) is 10.2 Å². The van der Waals surface area contributed by atoms with Crippen LogP contribution in [-0.4, -0.2) is 24.9 Å². The Bertz CT molecular complexity index is 1480. The number of aromatic nitrogens is 4. The van der Waals surface area contributed by atoms with Crippen molar-refractivity contribution in [3.05, 3.63) is 77.9 Å². The van der Waals surface area contributed by atoms with Crippen molar-refractivity contribution >= 4 is 11.1 Å². The molecule has 0 fully saturated rings. The summed E-state index contributed by atoms with van der Waals surface area (Å²) in [5, 5.41) is 17.4. The van der Waals surface area contributed by atoms with Crippen LogP contribution in [0.5, 0.6) is 0 Å². The van der Waals surface area contributed by atoms with E-state index in [0.29, 0.717) is 28.1 Å². The fourth-order valence-electron chi connectivity index (χ4n) is 3.80. The SMILES string of the molecule is Cn1cnnc1-c1cc(F)ccc1-c1cccc(-c2nc3cc(CO)cc(C(F)F)c3o2)c1. The third-order valence-electron chi connectivity index (χ3n) is 5.35.